The summed E-state index contributed by atoms with van der Waals surface area (Å²) < 4.78 is 0. The Bertz CT molecular complexity index is 587. The Morgan fingerprint density at radius 2 is 1.91 bits per heavy atom. The maximum Gasteiger partial charge on any atom is 0.123 e. The van der Waals surface area contributed by atoms with Gasteiger partial charge in [-0.3, -0.25) is 0 Å². The summed E-state index contributed by atoms with van der Waals surface area (Å²) in [6.07, 6.45) is 13.1. The monoisotopic (exact) mass is 444 g/mol. The number of hydrogen-bond donors (Lipinski definition) is 1. The number of halogens is 1. The van der Waals surface area contributed by atoms with Crippen molar-refractivity contribution in [2.75, 3.05) is 12.5 Å². The van der Waals surface area contributed by atoms with E-state index < -0.39 is 0 Å². The van der Waals surface area contributed by atoms with Crippen LogP contribution in [0, 0.1) is 17.3 Å². The summed E-state index contributed by atoms with van der Waals surface area (Å²) in [7, 11) is 0.558. The van der Waals surface area contributed by atoms with Gasteiger partial charge in [0.1, 0.15) is 11.0 Å². The van der Waals surface area contributed by atoms with E-state index in [0.29, 0.717) is 22.1 Å². The van der Waals surface area contributed by atoms with Gasteiger partial charge in [0, 0.05) is 5.41 Å². The minimum absolute atomic E-state index is 0. The van der Waals surface area contributed by atoms with Crippen molar-refractivity contribution < 1.29 is 29.1 Å². The molecule has 0 unspecified atom stereocenters. The van der Waals surface area contributed by atoms with Crippen LogP contribution in [0.2, 0.25) is 0 Å². The molecular weight excluding hydrogens is 415 g/mol. The Morgan fingerprint density at radius 1 is 1.13 bits per heavy atom. The SMILES string of the molecule is C[S+](C)[C@H]1CC[C@H]2[C@@H]3CCc4cc(O)ccc4[C@H]3CC[C@]12C.[I-]. The average molecular weight is 444 g/mol. The third-order valence-corrected chi connectivity index (χ3v) is 9.10. The van der Waals surface area contributed by atoms with Crippen LogP contribution in [0.5, 0.6) is 5.75 Å². The maximum absolute atomic E-state index is 9.77. The second-order valence-electron chi connectivity index (χ2n) is 8.29. The van der Waals surface area contributed by atoms with E-state index in [-0.39, 0.29) is 24.0 Å². The molecule has 4 rings (SSSR count). The smallest absolute Gasteiger partial charge is 0.123 e. The number of aromatic hydroxyl groups is 1. The lowest BCUT2D eigenvalue weighted by atomic mass is 9.56. The van der Waals surface area contributed by atoms with Crippen molar-refractivity contribution in [2.24, 2.45) is 17.3 Å². The summed E-state index contributed by atoms with van der Waals surface area (Å²) in [5, 5.41) is 10.7. The highest BCUT2D eigenvalue weighted by Crippen LogP contribution is 2.62. The molecule has 3 aliphatic carbocycles. The van der Waals surface area contributed by atoms with Crippen LogP contribution in [0.3, 0.4) is 0 Å². The van der Waals surface area contributed by atoms with Crippen molar-refractivity contribution in [3.63, 3.8) is 0 Å². The molecule has 1 N–H and O–H groups in total. The standard InChI is InChI=1S/C20H28OS.HI/c1-20-11-10-16-15-7-5-14(21)12-13(15)4-6-17(16)18(20)8-9-19(20)22(2)3;/h5,7,12,16-19H,4,6,8-11H2,1-3H3;1H/t16-,17-,18+,19+,20+;/m1./s1. The Kier molecular flexibility index (Phi) is 5.01. The minimum Gasteiger partial charge on any atom is -1.00 e. The van der Waals surface area contributed by atoms with Crippen LogP contribution >= 0.6 is 0 Å². The minimum atomic E-state index is 0. The fourth-order valence-corrected chi connectivity index (χ4v) is 8.27. The lowest BCUT2D eigenvalue weighted by molar-refractivity contribution is -0.00000617. The van der Waals surface area contributed by atoms with Gasteiger partial charge >= 0.3 is 0 Å². The van der Waals surface area contributed by atoms with Gasteiger partial charge in [0.05, 0.1) is 12.5 Å². The van der Waals surface area contributed by atoms with Crippen LogP contribution in [0.25, 0.3) is 0 Å². The molecule has 2 fully saturated rings. The van der Waals surface area contributed by atoms with Crippen molar-refractivity contribution in [3.05, 3.63) is 29.3 Å². The van der Waals surface area contributed by atoms with E-state index in [1.54, 1.807) is 5.56 Å². The molecule has 0 saturated heterocycles. The van der Waals surface area contributed by atoms with Crippen molar-refractivity contribution in [2.45, 2.75) is 56.6 Å². The second kappa shape index (κ2) is 6.44. The molecule has 0 aliphatic heterocycles. The molecule has 0 heterocycles. The first-order valence-electron chi connectivity index (χ1n) is 8.89. The summed E-state index contributed by atoms with van der Waals surface area (Å²) in [5.41, 5.74) is 3.58. The molecule has 1 nitrogen and oxygen atoms in total. The van der Waals surface area contributed by atoms with Gasteiger partial charge in [0.2, 0.25) is 0 Å². The summed E-state index contributed by atoms with van der Waals surface area (Å²) in [4.78, 5) is 0. The molecule has 0 spiro atoms. The molecule has 3 heteroatoms. The number of phenols is 1. The highest BCUT2D eigenvalue weighted by Gasteiger charge is 2.58. The molecule has 1 aromatic carbocycles. The van der Waals surface area contributed by atoms with Crippen LogP contribution in [-0.2, 0) is 17.3 Å². The van der Waals surface area contributed by atoms with E-state index in [9.17, 15) is 5.11 Å². The lowest BCUT2D eigenvalue weighted by Crippen LogP contribution is -3.00. The predicted octanol–water partition coefficient (Wildman–Crippen LogP) is 1.50. The van der Waals surface area contributed by atoms with E-state index in [4.69, 9.17) is 0 Å². The van der Waals surface area contributed by atoms with Crippen molar-refractivity contribution >= 4 is 10.9 Å². The number of aryl methyl sites for hydroxylation is 1. The predicted molar refractivity (Wildman–Crippen MR) is 95.7 cm³/mol. The van der Waals surface area contributed by atoms with Crippen molar-refractivity contribution in [1.29, 1.82) is 0 Å². The topological polar surface area (TPSA) is 20.2 Å². The summed E-state index contributed by atoms with van der Waals surface area (Å²) >= 11 is 0. The molecular formula is C20H29IOS. The van der Waals surface area contributed by atoms with Gasteiger partial charge in [0.25, 0.3) is 0 Å². The quantitative estimate of drug-likeness (QED) is 0.514. The zero-order chi connectivity index (χ0) is 15.5. The normalized spacial score (nSPS) is 38.4. The summed E-state index contributed by atoms with van der Waals surface area (Å²) in [6.45, 7) is 2.62. The molecule has 0 amide bonds. The number of phenolic OH excluding ortho intramolecular Hbond substituents is 1. The highest BCUT2D eigenvalue weighted by molar-refractivity contribution is 7.96. The molecule has 2 saturated carbocycles. The molecule has 1 aromatic rings. The molecule has 128 valence electrons. The summed E-state index contributed by atoms with van der Waals surface area (Å²) in [6, 6.07) is 6.15. The number of benzene rings is 1. The van der Waals surface area contributed by atoms with Crippen LogP contribution < -0.4 is 24.0 Å². The van der Waals surface area contributed by atoms with Crippen molar-refractivity contribution in [1.82, 2.24) is 0 Å². The van der Waals surface area contributed by atoms with Crippen LogP contribution in [0.15, 0.2) is 18.2 Å². The van der Waals surface area contributed by atoms with E-state index in [1.165, 1.54) is 44.1 Å². The zero-order valence-corrected chi connectivity index (χ0v) is 17.5. The fourth-order valence-electron chi connectivity index (χ4n) is 6.29. The number of fused-ring (bicyclic) bond motifs is 5. The van der Waals surface area contributed by atoms with Crippen LogP contribution in [0.1, 0.15) is 56.1 Å². The Balaban J connectivity index is 0.00000156. The van der Waals surface area contributed by atoms with Gasteiger partial charge in [-0.25, -0.2) is 0 Å². The Morgan fingerprint density at radius 3 is 2.65 bits per heavy atom. The fraction of sp³-hybridized carbons (Fsp3) is 0.700. The van der Waals surface area contributed by atoms with E-state index >= 15 is 0 Å². The van der Waals surface area contributed by atoms with Gasteiger partial charge in [-0.2, -0.15) is 0 Å². The van der Waals surface area contributed by atoms with Gasteiger partial charge in [-0.1, -0.05) is 13.0 Å². The molecule has 5 atom stereocenters. The van der Waals surface area contributed by atoms with E-state index in [2.05, 4.69) is 25.5 Å². The van der Waals surface area contributed by atoms with Crippen LogP contribution in [-0.4, -0.2) is 22.9 Å². The molecule has 0 aromatic heterocycles. The second-order valence-corrected chi connectivity index (χ2v) is 10.6. The van der Waals surface area contributed by atoms with E-state index in [0.717, 1.165) is 23.0 Å². The first-order valence-corrected chi connectivity index (χ1v) is 11.0. The third kappa shape index (κ3) is 2.74. The Labute approximate surface area is 161 Å². The van der Waals surface area contributed by atoms with Gasteiger partial charge in [-0.15, -0.1) is 0 Å². The summed E-state index contributed by atoms with van der Waals surface area (Å²) in [5.74, 6) is 3.04. The van der Waals surface area contributed by atoms with Crippen LogP contribution in [0.4, 0.5) is 0 Å². The largest absolute Gasteiger partial charge is 1.00 e. The Hall–Kier alpha value is 0.100. The molecule has 23 heavy (non-hydrogen) atoms. The maximum atomic E-state index is 9.77. The first-order chi connectivity index (χ1) is 10.5. The van der Waals surface area contributed by atoms with E-state index in [1.807, 2.05) is 12.1 Å². The lowest BCUT2D eigenvalue weighted by Gasteiger charge is -2.49. The average Bonchev–Trinajstić information content (AvgIpc) is 2.84. The molecule has 0 bridgehead atoms. The number of rotatable bonds is 1. The zero-order valence-electron chi connectivity index (χ0n) is 14.5. The van der Waals surface area contributed by atoms with Gasteiger partial charge < -0.3 is 29.1 Å². The highest BCUT2D eigenvalue weighted by atomic mass is 127. The molecule has 0 radical (unpaired) electrons. The van der Waals surface area contributed by atoms with Gasteiger partial charge in [0.15, 0.2) is 0 Å². The van der Waals surface area contributed by atoms with Gasteiger partial charge in [-0.05, 0) is 90.4 Å². The molecule has 3 aliphatic rings. The third-order valence-electron chi connectivity index (χ3n) is 7.19. The van der Waals surface area contributed by atoms with Crippen molar-refractivity contribution in [3.8, 4) is 5.75 Å². The number of hydrogen-bond acceptors (Lipinski definition) is 1. The first kappa shape index (κ1) is 17.9.